The van der Waals surface area contributed by atoms with Crippen molar-refractivity contribution in [2.75, 3.05) is 12.4 Å². The van der Waals surface area contributed by atoms with Crippen molar-refractivity contribution in [1.29, 1.82) is 0 Å². The Labute approximate surface area is 158 Å². The van der Waals surface area contributed by atoms with Crippen LogP contribution in [0.3, 0.4) is 0 Å². The van der Waals surface area contributed by atoms with Gasteiger partial charge >= 0.3 is 6.03 Å². The van der Waals surface area contributed by atoms with Crippen LogP contribution in [0.25, 0.3) is 0 Å². The van der Waals surface area contributed by atoms with Gasteiger partial charge in [-0.15, -0.1) is 0 Å². The van der Waals surface area contributed by atoms with E-state index in [0.29, 0.717) is 22.5 Å². The van der Waals surface area contributed by atoms with Gasteiger partial charge in [-0.05, 0) is 56.4 Å². The van der Waals surface area contributed by atoms with Gasteiger partial charge in [0.25, 0.3) is 0 Å². The van der Waals surface area contributed by atoms with E-state index in [9.17, 15) is 4.79 Å². The summed E-state index contributed by atoms with van der Waals surface area (Å²) in [6.07, 6.45) is 7.96. The number of hydrogen-bond acceptors (Lipinski definition) is 3. The molecule has 7 heteroatoms. The molecule has 2 bridgehead atoms. The van der Waals surface area contributed by atoms with E-state index in [-0.39, 0.29) is 18.1 Å². The molecule has 1 aromatic carbocycles. The minimum Gasteiger partial charge on any atom is -0.495 e. The molecule has 1 aromatic heterocycles. The van der Waals surface area contributed by atoms with Crippen molar-refractivity contribution >= 4 is 23.3 Å². The lowest BCUT2D eigenvalue weighted by Gasteiger charge is -2.39. The third-order valence-electron chi connectivity index (χ3n) is 5.45. The fourth-order valence-electron chi connectivity index (χ4n) is 4.29. The second-order valence-corrected chi connectivity index (χ2v) is 7.63. The second kappa shape index (κ2) is 6.83. The van der Waals surface area contributed by atoms with E-state index >= 15 is 0 Å². The predicted octanol–water partition coefficient (Wildman–Crippen LogP) is 4.25. The molecule has 26 heavy (non-hydrogen) atoms. The summed E-state index contributed by atoms with van der Waals surface area (Å²) >= 11 is 6.07. The van der Waals surface area contributed by atoms with E-state index in [1.807, 2.05) is 11.1 Å². The van der Waals surface area contributed by atoms with E-state index in [1.165, 1.54) is 5.56 Å². The number of anilines is 1. The fourth-order valence-corrected chi connectivity index (χ4v) is 4.46. The minimum atomic E-state index is -0.0758. The van der Waals surface area contributed by atoms with Crippen LogP contribution in [0, 0.1) is 6.92 Å². The lowest BCUT2D eigenvalue weighted by Crippen LogP contribution is -2.48. The number of piperidine rings is 1. The number of hydrogen-bond donors (Lipinski definition) is 1. The van der Waals surface area contributed by atoms with E-state index in [1.54, 1.807) is 25.3 Å². The average molecular weight is 375 g/mol. The number of carbonyl (C=O) groups excluding carboxylic acids is 1. The molecule has 138 valence electrons. The molecule has 2 atom stereocenters. The number of amides is 2. The van der Waals surface area contributed by atoms with E-state index in [4.69, 9.17) is 16.3 Å². The van der Waals surface area contributed by atoms with Crippen molar-refractivity contribution in [3.8, 4) is 5.75 Å². The standard InChI is InChI=1S/C19H23ClN4O2/c1-12-10-21-23(11-12)16-8-14-4-5-15(9-16)24(14)19(25)22-17-7-13(20)3-6-18(17)26-2/h3,6-7,10-11,14-16H,4-5,8-9H2,1-2H3,(H,22,25). The van der Waals surface area contributed by atoms with Crippen LogP contribution in [-0.4, -0.2) is 39.9 Å². The number of rotatable bonds is 3. The molecule has 4 rings (SSSR count). The topological polar surface area (TPSA) is 59.4 Å². The van der Waals surface area contributed by atoms with Gasteiger partial charge in [0.2, 0.25) is 0 Å². The zero-order valence-corrected chi connectivity index (χ0v) is 15.7. The monoisotopic (exact) mass is 374 g/mol. The number of carbonyl (C=O) groups is 1. The largest absolute Gasteiger partial charge is 0.495 e. The average Bonchev–Trinajstić information content (AvgIpc) is 3.16. The maximum atomic E-state index is 12.9. The Hall–Kier alpha value is -2.21. The Balaban J connectivity index is 1.49. The van der Waals surface area contributed by atoms with Gasteiger partial charge in [0.15, 0.2) is 0 Å². The van der Waals surface area contributed by atoms with Crippen molar-refractivity contribution in [1.82, 2.24) is 14.7 Å². The first kappa shape index (κ1) is 17.2. The normalized spacial score (nSPS) is 24.6. The molecular formula is C19H23ClN4O2. The van der Waals surface area contributed by atoms with Gasteiger partial charge in [0.05, 0.1) is 25.0 Å². The number of fused-ring (bicyclic) bond motifs is 2. The van der Waals surface area contributed by atoms with Gasteiger partial charge in [-0.3, -0.25) is 4.68 Å². The first-order valence-electron chi connectivity index (χ1n) is 8.98. The lowest BCUT2D eigenvalue weighted by atomic mass is 9.98. The van der Waals surface area contributed by atoms with Gasteiger partial charge in [-0.1, -0.05) is 11.6 Å². The maximum absolute atomic E-state index is 12.9. The minimum absolute atomic E-state index is 0.0758. The van der Waals surface area contributed by atoms with Crippen LogP contribution < -0.4 is 10.1 Å². The second-order valence-electron chi connectivity index (χ2n) is 7.19. The molecule has 3 heterocycles. The lowest BCUT2D eigenvalue weighted by molar-refractivity contribution is 0.129. The molecule has 1 N–H and O–H groups in total. The maximum Gasteiger partial charge on any atom is 0.322 e. The molecular weight excluding hydrogens is 352 g/mol. The summed E-state index contributed by atoms with van der Waals surface area (Å²) in [5.41, 5.74) is 1.78. The summed E-state index contributed by atoms with van der Waals surface area (Å²) < 4.78 is 7.40. The van der Waals surface area contributed by atoms with Crippen LogP contribution in [0.2, 0.25) is 5.02 Å². The number of ether oxygens (including phenoxy) is 1. The smallest absolute Gasteiger partial charge is 0.322 e. The molecule has 0 aliphatic carbocycles. The molecule has 0 radical (unpaired) electrons. The highest BCUT2D eigenvalue weighted by molar-refractivity contribution is 6.31. The number of halogens is 1. The summed E-state index contributed by atoms with van der Waals surface area (Å²) in [5.74, 6) is 0.608. The zero-order valence-electron chi connectivity index (χ0n) is 15.0. The highest BCUT2D eigenvalue weighted by atomic mass is 35.5. The molecule has 6 nitrogen and oxygen atoms in total. The van der Waals surface area contributed by atoms with Crippen LogP contribution in [0.4, 0.5) is 10.5 Å². The van der Waals surface area contributed by atoms with Crippen molar-refractivity contribution in [3.05, 3.63) is 41.2 Å². The highest BCUT2D eigenvalue weighted by Crippen LogP contribution is 2.41. The number of aryl methyl sites for hydroxylation is 1. The van der Waals surface area contributed by atoms with Crippen LogP contribution in [0.1, 0.15) is 37.3 Å². The van der Waals surface area contributed by atoms with Gasteiger partial charge < -0.3 is 15.0 Å². The number of urea groups is 1. The molecule has 2 aromatic rings. The van der Waals surface area contributed by atoms with Crippen LogP contribution in [0.5, 0.6) is 5.75 Å². The molecule has 2 saturated heterocycles. The number of methoxy groups -OCH3 is 1. The molecule has 2 fully saturated rings. The van der Waals surface area contributed by atoms with Crippen molar-refractivity contribution in [2.45, 2.75) is 50.7 Å². The Morgan fingerprint density at radius 2 is 2.00 bits per heavy atom. The van der Waals surface area contributed by atoms with Crippen molar-refractivity contribution < 1.29 is 9.53 Å². The quantitative estimate of drug-likeness (QED) is 0.873. The molecule has 2 unspecified atom stereocenters. The third kappa shape index (κ3) is 3.14. The fraction of sp³-hybridized carbons (Fsp3) is 0.474. The van der Waals surface area contributed by atoms with E-state index < -0.39 is 0 Å². The first-order valence-corrected chi connectivity index (χ1v) is 9.36. The molecule has 0 spiro atoms. The van der Waals surface area contributed by atoms with Crippen LogP contribution in [0.15, 0.2) is 30.6 Å². The summed E-state index contributed by atoms with van der Waals surface area (Å²) in [4.78, 5) is 15.0. The van der Waals surface area contributed by atoms with Crippen molar-refractivity contribution in [3.63, 3.8) is 0 Å². The summed E-state index contributed by atoms with van der Waals surface area (Å²) in [5, 5.41) is 8.03. The number of nitrogens with zero attached hydrogens (tertiary/aromatic N) is 3. The summed E-state index contributed by atoms with van der Waals surface area (Å²) in [7, 11) is 1.58. The summed E-state index contributed by atoms with van der Waals surface area (Å²) in [6, 6.07) is 6.01. The van der Waals surface area contributed by atoms with Gasteiger partial charge in [-0.25, -0.2) is 4.79 Å². The highest BCUT2D eigenvalue weighted by Gasteiger charge is 2.44. The Morgan fingerprint density at radius 1 is 1.27 bits per heavy atom. The zero-order chi connectivity index (χ0) is 18.3. The predicted molar refractivity (Wildman–Crippen MR) is 101 cm³/mol. The van der Waals surface area contributed by atoms with Gasteiger partial charge in [0.1, 0.15) is 5.75 Å². The number of nitrogens with one attached hydrogen (secondary N) is 1. The van der Waals surface area contributed by atoms with Gasteiger partial charge in [-0.2, -0.15) is 5.10 Å². The SMILES string of the molecule is COc1ccc(Cl)cc1NC(=O)N1C2CCC1CC(n1cc(C)cn1)C2. The molecule has 2 amide bonds. The molecule has 2 aliphatic heterocycles. The van der Waals surface area contributed by atoms with Gasteiger partial charge in [0, 0.05) is 23.3 Å². The van der Waals surface area contributed by atoms with E-state index in [2.05, 4.69) is 28.2 Å². The van der Waals surface area contributed by atoms with E-state index in [0.717, 1.165) is 25.7 Å². The van der Waals surface area contributed by atoms with Crippen LogP contribution >= 0.6 is 11.6 Å². The Kier molecular flexibility index (Phi) is 4.53. The molecule has 2 aliphatic rings. The molecule has 0 saturated carbocycles. The Morgan fingerprint density at radius 3 is 2.62 bits per heavy atom. The number of aromatic nitrogens is 2. The number of benzene rings is 1. The Bertz CT molecular complexity index is 808. The third-order valence-corrected chi connectivity index (χ3v) is 5.69. The van der Waals surface area contributed by atoms with Crippen molar-refractivity contribution in [2.24, 2.45) is 0 Å². The van der Waals surface area contributed by atoms with Crippen LogP contribution in [-0.2, 0) is 0 Å². The first-order chi connectivity index (χ1) is 12.5. The summed E-state index contributed by atoms with van der Waals surface area (Å²) in [6.45, 7) is 2.05.